The minimum Gasteiger partial charge on any atom is -0.456 e. The van der Waals surface area contributed by atoms with Crippen LogP contribution in [0.15, 0.2) is 202 Å². The second kappa shape index (κ2) is 13.1. The molecule has 0 aliphatic carbocycles. The molecule has 2 atom stereocenters. The van der Waals surface area contributed by atoms with Gasteiger partial charge in [-0.2, -0.15) is 0 Å². The van der Waals surface area contributed by atoms with Crippen LogP contribution >= 0.6 is 0 Å². The van der Waals surface area contributed by atoms with Crippen molar-refractivity contribution in [2.45, 2.75) is 12.3 Å². The molecule has 2 unspecified atom stereocenters. The standard InChI is InChI=1S/C53H35N3O2/c1-2-12-32(13-3-1)34-22-25-35(26-23-34)51-54-52(37-27-24-33-14-4-5-15-36(33)28-37)56-53(55-51)45-29-38(30-48-49(45)42-19-9-11-21-47(42)57-48)43-31-44-40-17-8-10-20-46(40)58-50(44)41-18-7-6-16-39(41)43/h1-31,52-53,56H,(H,54,55). The number of amidine groups is 1. The largest absolute Gasteiger partial charge is 0.456 e. The van der Waals surface area contributed by atoms with E-state index in [0.717, 1.165) is 93.9 Å². The summed E-state index contributed by atoms with van der Waals surface area (Å²) >= 11 is 0. The van der Waals surface area contributed by atoms with Gasteiger partial charge in [0.15, 0.2) is 0 Å². The highest BCUT2D eigenvalue weighted by Crippen LogP contribution is 2.44. The first kappa shape index (κ1) is 32.7. The van der Waals surface area contributed by atoms with Crippen LogP contribution in [-0.4, -0.2) is 5.84 Å². The molecule has 0 amide bonds. The molecule has 12 rings (SSSR count). The summed E-state index contributed by atoms with van der Waals surface area (Å²) in [4.78, 5) is 5.38. The lowest BCUT2D eigenvalue weighted by molar-refractivity contribution is 0.411. The van der Waals surface area contributed by atoms with Gasteiger partial charge < -0.3 is 14.2 Å². The van der Waals surface area contributed by atoms with Crippen molar-refractivity contribution in [3.63, 3.8) is 0 Å². The number of hydrogen-bond acceptors (Lipinski definition) is 5. The summed E-state index contributed by atoms with van der Waals surface area (Å²) in [6, 6.07) is 66.3. The number of hydrogen-bond donors (Lipinski definition) is 2. The van der Waals surface area contributed by atoms with Crippen LogP contribution in [0.4, 0.5) is 0 Å². The quantitative estimate of drug-likeness (QED) is 0.184. The monoisotopic (exact) mass is 745 g/mol. The summed E-state index contributed by atoms with van der Waals surface area (Å²) in [7, 11) is 0. The molecule has 5 nitrogen and oxygen atoms in total. The average Bonchev–Trinajstić information content (AvgIpc) is 3.87. The second-order valence-electron chi connectivity index (χ2n) is 15.2. The lowest BCUT2D eigenvalue weighted by atomic mass is 9.92. The van der Waals surface area contributed by atoms with Crippen LogP contribution in [0.5, 0.6) is 0 Å². The van der Waals surface area contributed by atoms with Crippen molar-refractivity contribution in [2.24, 2.45) is 4.99 Å². The number of para-hydroxylation sites is 2. The normalized spacial score (nSPS) is 15.8. The van der Waals surface area contributed by atoms with Crippen molar-refractivity contribution < 1.29 is 8.83 Å². The Labute approximate surface area is 333 Å². The summed E-state index contributed by atoms with van der Waals surface area (Å²) in [5.74, 6) is 0.824. The van der Waals surface area contributed by atoms with Crippen molar-refractivity contribution in [3.8, 4) is 22.3 Å². The van der Waals surface area contributed by atoms with E-state index < -0.39 is 0 Å². The third kappa shape index (κ3) is 5.32. The van der Waals surface area contributed by atoms with Gasteiger partial charge in [-0.1, -0.05) is 152 Å². The number of fused-ring (bicyclic) bond motifs is 9. The maximum atomic E-state index is 6.72. The molecule has 5 heteroatoms. The topological polar surface area (TPSA) is 62.7 Å². The van der Waals surface area contributed by atoms with Gasteiger partial charge >= 0.3 is 0 Å². The number of aliphatic imine (C=N–C) groups is 1. The van der Waals surface area contributed by atoms with E-state index in [-0.39, 0.29) is 12.3 Å². The number of rotatable bonds is 5. The predicted octanol–water partition coefficient (Wildman–Crippen LogP) is 13.5. The lowest BCUT2D eigenvalue weighted by Crippen LogP contribution is -2.45. The summed E-state index contributed by atoms with van der Waals surface area (Å²) in [5, 5.41) is 16.7. The molecule has 2 N–H and O–H groups in total. The van der Waals surface area contributed by atoms with E-state index in [0.29, 0.717) is 0 Å². The van der Waals surface area contributed by atoms with Gasteiger partial charge in [-0.25, -0.2) is 4.99 Å². The van der Waals surface area contributed by atoms with Crippen molar-refractivity contribution in [1.82, 2.24) is 10.6 Å². The maximum absolute atomic E-state index is 6.72. The Morgan fingerprint density at radius 1 is 0.431 bits per heavy atom. The number of nitrogens with zero attached hydrogens (tertiary/aromatic N) is 1. The van der Waals surface area contributed by atoms with Crippen LogP contribution in [0.1, 0.15) is 29.0 Å². The molecule has 1 aliphatic heterocycles. The minimum atomic E-state index is -0.328. The SMILES string of the molecule is c1ccc(-c2ccc(C3=NC(c4ccc5ccccc5c4)NC(c4cc(-c5cc6c7ccccc7oc6c6ccccc56)cc5oc6ccccc6c45)N3)cc2)cc1. The molecule has 0 bridgehead atoms. The molecule has 0 fully saturated rings. The highest BCUT2D eigenvalue weighted by atomic mass is 16.3. The zero-order valence-corrected chi connectivity index (χ0v) is 31.3. The summed E-state index contributed by atoms with van der Waals surface area (Å²) in [5.41, 5.74) is 11.2. The molecule has 58 heavy (non-hydrogen) atoms. The molecule has 11 aromatic rings. The van der Waals surface area contributed by atoms with E-state index >= 15 is 0 Å². The number of benzene rings is 9. The van der Waals surface area contributed by atoms with Crippen LogP contribution in [-0.2, 0) is 0 Å². The van der Waals surface area contributed by atoms with Crippen LogP contribution in [0.2, 0.25) is 0 Å². The van der Waals surface area contributed by atoms with Crippen LogP contribution in [0, 0.1) is 0 Å². The van der Waals surface area contributed by atoms with Crippen molar-refractivity contribution in [1.29, 1.82) is 0 Å². The lowest BCUT2D eigenvalue weighted by Gasteiger charge is -2.33. The molecule has 0 saturated heterocycles. The summed E-state index contributed by atoms with van der Waals surface area (Å²) in [6.07, 6.45) is -0.656. The van der Waals surface area contributed by atoms with E-state index in [1.165, 1.54) is 16.3 Å². The molecular formula is C53H35N3O2. The Morgan fingerprint density at radius 3 is 1.91 bits per heavy atom. The van der Waals surface area contributed by atoms with Gasteiger partial charge in [0.2, 0.25) is 0 Å². The second-order valence-corrected chi connectivity index (χ2v) is 15.2. The fourth-order valence-electron chi connectivity index (χ4n) is 8.92. The highest BCUT2D eigenvalue weighted by Gasteiger charge is 2.29. The van der Waals surface area contributed by atoms with E-state index in [1.54, 1.807) is 0 Å². The van der Waals surface area contributed by atoms with E-state index in [4.69, 9.17) is 13.8 Å². The fraction of sp³-hybridized carbons (Fsp3) is 0.0377. The smallest absolute Gasteiger partial charge is 0.143 e. The first-order chi connectivity index (χ1) is 28.7. The molecule has 0 spiro atoms. The predicted molar refractivity (Wildman–Crippen MR) is 238 cm³/mol. The third-order valence-corrected chi connectivity index (χ3v) is 11.7. The summed E-state index contributed by atoms with van der Waals surface area (Å²) < 4.78 is 13.2. The third-order valence-electron chi connectivity index (χ3n) is 11.7. The maximum Gasteiger partial charge on any atom is 0.143 e. The van der Waals surface area contributed by atoms with Gasteiger partial charge in [-0.05, 0) is 80.4 Å². The fourth-order valence-corrected chi connectivity index (χ4v) is 8.92. The zero-order valence-electron chi connectivity index (χ0n) is 31.3. The Bertz CT molecular complexity index is 3410. The highest BCUT2D eigenvalue weighted by molar-refractivity contribution is 6.20. The zero-order chi connectivity index (χ0) is 38.2. The van der Waals surface area contributed by atoms with Gasteiger partial charge in [-0.3, -0.25) is 5.32 Å². The molecule has 0 saturated carbocycles. The number of furan rings is 2. The van der Waals surface area contributed by atoms with E-state index in [2.05, 4.69) is 174 Å². The molecule has 3 heterocycles. The van der Waals surface area contributed by atoms with E-state index in [9.17, 15) is 0 Å². The molecule has 1 aliphatic rings. The van der Waals surface area contributed by atoms with E-state index in [1.807, 2.05) is 24.3 Å². The van der Waals surface area contributed by atoms with Crippen LogP contribution < -0.4 is 10.6 Å². The van der Waals surface area contributed by atoms with Crippen molar-refractivity contribution >= 4 is 71.3 Å². The van der Waals surface area contributed by atoms with Gasteiger partial charge in [0.05, 0.1) is 0 Å². The Morgan fingerprint density at radius 2 is 1.09 bits per heavy atom. The molecule has 0 radical (unpaired) electrons. The first-order valence-electron chi connectivity index (χ1n) is 19.8. The van der Waals surface area contributed by atoms with Crippen LogP contribution in [0.3, 0.4) is 0 Å². The van der Waals surface area contributed by atoms with Gasteiger partial charge in [0, 0.05) is 38.1 Å². The van der Waals surface area contributed by atoms with Gasteiger partial charge in [0.25, 0.3) is 0 Å². The van der Waals surface area contributed by atoms with Gasteiger partial charge in [0.1, 0.15) is 40.5 Å². The van der Waals surface area contributed by atoms with Crippen molar-refractivity contribution in [2.75, 3.05) is 0 Å². The molecular weight excluding hydrogens is 711 g/mol. The minimum absolute atomic E-state index is 0.328. The molecule has 2 aromatic heterocycles. The number of nitrogens with one attached hydrogen (secondary N) is 2. The Kier molecular flexibility index (Phi) is 7.37. The van der Waals surface area contributed by atoms with Crippen LogP contribution in [0.25, 0.3) is 87.7 Å². The summed E-state index contributed by atoms with van der Waals surface area (Å²) in [6.45, 7) is 0. The first-order valence-corrected chi connectivity index (χ1v) is 19.8. The molecule has 274 valence electrons. The van der Waals surface area contributed by atoms with Gasteiger partial charge in [-0.15, -0.1) is 0 Å². The Balaban J connectivity index is 1.07. The average molecular weight is 746 g/mol. The molecule has 9 aromatic carbocycles. The van der Waals surface area contributed by atoms with Crippen molar-refractivity contribution in [3.05, 3.63) is 205 Å². The Hall–Kier alpha value is -7.47.